The summed E-state index contributed by atoms with van der Waals surface area (Å²) in [5.41, 5.74) is 0.760. The van der Waals surface area contributed by atoms with Crippen LogP contribution in [0.4, 0.5) is 4.39 Å². The van der Waals surface area contributed by atoms with E-state index in [9.17, 15) is 14.3 Å². The molecule has 0 saturated carbocycles. The first kappa shape index (κ1) is 17.0. The molecule has 3 nitrogen and oxygen atoms in total. The highest BCUT2D eigenvalue weighted by Crippen LogP contribution is 2.23. The van der Waals surface area contributed by atoms with Crippen LogP contribution in [0.15, 0.2) is 23.1 Å². The van der Waals surface area contributed by atoms with Crippen molar-refractivity contribution in [3.8, 4) is 0 Å². The van der Waals surface area contributed by atoms with Gasteiger partial charge in [-0.2, -0.15) is 0 Å². The van der Waals surface area contributed by atoms with Crippen LogP contribution >= 0.6 is 11.8 Å². The monoisotopic (exact) mass is 299 g/mol. The summed E-state index contributed by atoms with van der Waals surface area (Å²) in [7, 11) is 0. The summed E-state index contributed by atoms with van der Waals surface area (Å²) < 4.78 is 13.8. The molecule has 1 rings (SSSR count). The maximum Gasteiger partial charge on any atom is 0.320 e. The van der Waals surface area contributed by atoms with Crippen molar-refractivity contribution in [2.45, 2.75) is 44.2 Å². The fourth-order valence-corrected chi connectivity index (χ4v) is 2.52. The van der Waals surface area contributed by atoms with Gasteiger partial charge in [0.1, 0.15) is 11.9 Å². The highest BCUT2D eigenvalue weighted by Gasteiger charge is 2.21. The van der Waals surface area contributed by atoms with Crippen LogP contribution in [-0.4, -0.2) is 23.4 Å². The zero-order chi connectivity index (χ0) is 15.3. The maximum atomic E-state index is 13.8. The average molecular weight is 299 g/mol. The van der Waals surface area contributed by atoms with E-state index in [2.05, 4.69) is 5.32 Å². The summed E-state index contributed by atoms with van der Waals surface area (Å²) in [6.45, 7) is 5.81. The van der Waals surface area contributed by atoms with Gasteiger partial charge in [-0.25, -0.2) is 4.39 Å². The van der Waals surface area contributed by atoms with Crippen LogP contribution < -0.4 is 5.32 Å². The predicted octanol–water partition coefficient (Wildman–Crippen LogP) is 3.70. The maximum absolute atomic E-state index is 13.8. The number of carbonyl (C=O) groups is 1. The third-order valence-electron chi connectivity index (χ3n) is 3.13. The van der Waals surface area contributed by atoms with Gasteiger partial charge in [0.05, 0.1) is 0 Å². The number of rotatable bonds is 7. The zero-order valence-corrected chi connectivity index (χ0v) is 13.1. The second-order valence-electron chi connectivity index (χ2n) is 5.30. The normalized spacial score (nSPS) is 14.3. The summed E-state index contributed by atoms with van der Waals surface area (Å²) >= 11 is 1.35. The number of halogens is 1. The first-order valence-electron chi connectivity index (χ1n) is 6.67. The number of hydrogen-bond donors (Lipinski definition) is 2. The Morgan fingerprint density at radius 3 is 2.50 bits per heavy atom. The first-order chi connectivity index (χ1) is 9.35. The third-order valence-corrected chi connectivity index (χ3v) is 3.90. The Labute approximate surface area is 124 Å². The lowest BCUT2D eigenvalue weighted by atomic mass is 10.0. The molecule has 0 aliphatic rings. The lowest BCUT2D eigenvalue weighted by Gasteiger charge is -2.22. The number of benzene rings is 1. The van der Waals surface area contributed by atoms with Gasteiger partial charge in [0.15, 0.2) is 0 Å². The molecule has 0 aromatic heterocycles. The minimum atomic E-state index is -0.869. The van der Waals surface area contributed by atoms with Gasteiger partial charge in [-0.15, -0.1) is 11.8 Å². The van der Waals surface area contributed by atoms with E-state index in [1.807, 2.05) is 33.1 Å². The number of carboxylic acid groups (broad SMARTS) is 1. The van der Waals surface area contributed by atoms with Crippen molar-refractivity contribution in [2.24, 2.45) is 5.92 Å². The summed E-state index contributed by atoms with van der Waals surface area (Å²) in [6.07, 6.45) is 2.37. The highest BCUT2D eigenvalue weighted by molar-refractivity contribution is 7.98. The molecule has 20 heavy (non-hydrogen) atoms. The van der Waals surface area contributed by atoms with Gasteiger partial charge < -0.3 is 5.11 Å². The van der Waals surface area contributed by atoms with Gasteiger partial charge in [0, 0.05) is 10.9 Å². The van der Waals surface area contributed by atoms with Crippen LogP contribution in [0.3, 0.4) is 0 Å². The van der Waals surface area contributed by atoms with E-state index in [0.29, 0.717) is 11.3 Å². The molecule has 0 fully saturated rings. The molecule has 1 aromatic carbocycles. The number of thioether (sulfide) groups is 1. The van der Waals surface area contributed by atoms with Crippen LogP contribution in [-0.2, 0) is 4.79 Å². The van der Waals surface area contributed by atoms with Crippen molar-refractivity contribution in [3.63, 3.8) is 0 Å². The lowest BCUT2D eigenvalue weighted by Crippen LogP contribution is -2.39. The van der Waals surface area contributed by atoms with Crippen LogP contribution in [0.1, 0.15) is 38.8 Å². The molecule has 0 saturated heterocycles. The topological polar surface area (TPSA) is 49.3 Å². The van der Waals surface area contributed by atoms with Crippen molar-refractivity contribution in [1.82, 2.24) is 5.32 Å². The van der Waals surface area contributed by atoms with E-state index >= 15 is 0 Å². The summed E-state index contributed by atoms with van der Waals surface area (Å²) in [4.78, 5) is 11.8. The molecule has 0 aliphatic carbocycles. The number of carboxylic acids is 1. The summed E-state index contributed by atoms with van der Waals surface area (Å²) in [6, 6.07) is 4.21. The van der Waals surface area contributed by atoms with Crippen molar-refractivity contribution >= 4 is 17.7 Å². The molecule has 2 N–H and O–H groups in total. The molecule has 0 radical (unpaired) electrons. The number of nitrogens with one attached hydrogen (secondary N) is 1. The van der Waals surface area contributed by atoms with E-state index in [1.165, 1.54) is 17.8 Å². The van der Waals surface area contributed by atoms with E-state index < -0.39 is 12.0 Å². The number of hydrogen-bond acceptors (Lipinski definition) is 3. The predicted molar refractivity (Wildman–Crippen MR) is 80.6 cm³/mol. The Morgan fingerprint density at radius 2 is 2.05 bits per heavy atom. The average Bonchev–Trinajstić information content (AvgIpc) is 2.37. The largest absolute Gasteiger partial charge is 0.480 e. The van der Waals surface area contributed by atoms with Crippen LogP contribution in [0.25, 0.3) is 0 Å². The Balaban J connectivity index is 2.80. The summed E-state index contributed by atoms with van der Waals surface area (Å²) in [5, 5.41) is 12.3. The molecular formula is C15H22FNO2S. The second-order valence-corrected chi connectivity index (χ2v) is 6.15. The summed E-state index contributed by atoms with van der Waals surface area (Å²) in [5.74, 6) is -0.849. The van der Waals surface area contributed by atoms with Gasteiger partial charge in [-0.05, 0) is 43.2 Å². The minimum absolute atomic E-state index is 0.208. The molecule has 112 valence electrons. The Morgan fingerprint density at radius 1 is 1.40 bits per heavy atom. The SMILES string of the molecule is CSc1ccc(C(C)NC(CC(C)C)C(=O)O)cc1F. The highest BCUT2D eigenvalue weighted by atomic mass is 32.2. The third kappa shape index (κ3) is 4.80. The molecule has 2 unspecified atom stereocenters. The molecule has 2 atom stereocenters. The fourth-order valence-electron chi connectivity index (χ4n) is 2.06. The van der Waals surface area contributed by atoms with Crippen molar-refractivity contribution < 1.29 is 14.3 Å². The quantitative estimate of drug-likeness (QED) is 0.754. The second kappa shape index (κ2) is 7.64. The lowest BCUT2D eigenvalue weighted by molar-refractivity contribution is -0.140. The molecule has 0 aliphatic heterocycles. The van der Waals surface area contributed by atoms with Crippen molar-refractivity contribution in [2.75, 3.05) is 6.26 Å². The molecule has 0 bridgehead atoms. The molecule has 1 aromatic rings. The fraction of sp³-hybridized carbons (Fsp3) is 0.533. The molecule has 0 amide bonds. The smallest absolute Gasteiger partial charge is 0.320 e. The van der Waals surface area contributed by atoms with Gasteiger partial charge in [-0.1, -0.05) is 19.9 Å². The van der Waals surface area contributed by atoms with Gasteiger partial charge in [0.2, 0.25) is 0 Å². The molecule has 5 heteroatoms. The molecule has 0 spiro atoms. The van der Waals surface area contributed by atoms with Gasteiger partial charge >= 0.3 is 5.97 Å². The van der Waals surface area contributed by atoms with Crippen molar-refractivity contribution in [3.05, 3.63) is 29.6 Å². The zero-order valence-electron chi connectivity index (χ0n) is 12.3. The standard InChI is InChI=1S/C15H22FNO2S/c1-9(2)7-13(15(18)19)17-10(3)11-5-6-14(20-4)12(16)8-11/h5-6,8-10,13,17H,7H2,1-4H3,(H,18,19). The Kier molecular flexibility index (Phi) is 6.49. The number of aliphatic carboxylic acids is 1. The van der Waals surface area contributed by atoms with E-state index in [0.717, 1.165) is 5.56 Å². The van der Waals surface area contributed by atoms with Crippen LogP contribution in [0.2, 0.25) is 0 Å². The Hall–Kier alpha value is -1.07. The Bertz CT molecular complexity index is 465. The van der Waals surface area contributed by atoms with Gasteiger partial charge in [-0.3, -0.25) is 10.1 Å². The van der Waals surface area contributed by atoms with E-state index in [1.54, 1.807) is 6.07 Å². The van der Waals surface area contributed by atoms with Crippen molar-refractivity contribution in [1.29, 1.82) is 0 Å². The molecule has 0 heterocycles. The van der Waals surface area contributed by atoms with E-state index in [4.69, 9.17) is 0 Å². The van der Waals surface area contributed by atoms with Gasteiger partial charge in [0.25, 0.3) is 0 Å². The first-order valence-corrected chi connectivity index (χ1v) is 7.90. The molecular weight excluding hydrogens is 277 g/mol. The minimum Gasteiger partial charge on any atom is -0.480 e. The van der Waals surface area contributed by atoms with Crippen LogP contribution in [0, 0.1) is 11.7 Å². The van der Waals surface area contributed by atoms with E-state index in [-0.39, 0.29) is 17.8 Å². The van der Waals surface area contributed by atoms with Crippen LogP contribution in [0.5, 0.6) is 0 Å².